The average molecular weight is 442 g/mol. The first-order valence-electron chi connectivity index (χ1n) is 10.2. The van der Waals surface area contributed by atoms with Crippen LogP contribution in [-0.2, 0) is 13.2 Å². The van der Waals surface area contributed by atoms with Crippen molar-refractivity contribution in [3.63, 3.8) is 0 Å². The van der Waals surface area contributed by atoms with Crippen LogP contribution in [0.4, 0.5) is 19.0 Å². The number of hydrogen-bond donors (Lipinski definition) is 0. The van der Waals surface area contributed by atoms with Crippen molar-refractivity contribution in [3.05, 3.63) is 53.1 Å². The van der Waals surface area contributed by atoms with Crippen molar-refractivity contribution in [2.24, 2.45) is 7.05 Å². The van der Waals surface area contributed by atoms with Gasteiger partial charge in [0.2, 0.25) is 0 Å². The summed E-state index contributed by atoms with van der Waals surface area (Å²) >= 11 is 0. The molecule has 1 saturated heterocycles. The fourth-order valence-corrected chi connectivity index (χ4v) is 4.20. The Labute approximate surface area is 181 Å². The predicted octanol–water partition coefficient (Wildman–Crippen LogP) is 3.49. The smallest absolute Gasteiger partial charge is 0.355 e. The van der Waals surface area contributed by atoms with Crippen molar-refractivity contribution >= 4 is 16.9 Å². The Bertz CT molecular complexity index is 1330. The van der Waals surface area contributed by atoms with Crippen LogP contribution in [0, 0.1) is 20.8 Å². The molecule has 3 aromatic heterocycles. The van der Waals surface area contributed by atoms with Crippen LogP contribution >= 0.6 is 0 Å². The van der Waals surface area contributed by atoms with E-state index in [1.54, 1.807) is 22.4 Å². The number of imidazole rings is 1. The number of aryl methyl sites for hydroxylation is 4. The molecule has 1 fully saturated rings. The second kappa shape index (κ2) is 7.01. The van der Waals surface area contributed by atoms with Crippen molar-refractivity contribution in [2.45, 2.75) is 32.9 Å². The lowest BCUT2D eigenvalue weighted by molar-refractivity contribution is -0.136. The van der Waals surface area contributed by atoms with E-state index >= 15 is 0 Å². The number of para-hydroxylation sites is 1. The minimum Gasteiger partial charge on any atom is -0.355 e. The lowest BCUT2D eigenvalue weighted by atomic mass is 9.99. The number of aromatic nitrogens is 7. The highest BCUT2D eigenvalue weighted by molar-refractivity contribution is 5.80. The van der Waals surface area contributed by atoms with Gasteiger partial charge in [-0.15, -0.1) is 5.10 Å². The van der Waals surface area contributed by atoms with Gasteiger partial charge in [0.15, 0.2) is 5.82 Å². The molecule has 0 amide bonds. The van der Waals surface area contributed by atoms with Crippen molar-refractivity contribution in [2.75, 3.05) is 18.0 Å². The van der Waals surface area contributed by atoms with Gasteiger partial charge < -0.3 is 9.47 Å². The predicted molar refractivity (Wildman–Crippen MR) is 112 cm³/mol. The molecule has 0 radical (unpaired) electrons. The second-order valence-corrected chi connectivity index (χ2v) is 8.05. The van der Waals surface area contributed by atoms with Gasteiger partial charge in [-0.3, -0.25) is 0 Å². The summed E-state index contributed by atoms with van der Waals surface area (Å²) in [6.45, 7) is 6.69. The van der Waals surface area contributed by atoms with Crippen molar-refractivity contribution in [1.82, 2.24) is 34.3 Å². The number of nitrogens with zero attached hydrogens (tertiary/aromatic N) is 8. The van der Waals surface area contributed by atoms with E-state index in [9.17, 15) is 13.2 Å². The highest BCUT2D eigenvalue weighted by Crippen LogP contribution is 2.37. The highest BCUT2D eigenvalue weighted by atomic mass is 19.4. The summed E-state index contributed by atoms with van der Waals surface area (Å²) in [6.07, 6.45) is -4.44. The van der Waals surface area contributed by atoms with Gasteiger partial charge in [-0.25, -0.2) is 19.9 Å². The Balaban J connectivity index is 1.43. The van der Waals surface area contributed by atoms with E-state index < -0.39 is 11.7 Å². The van der Waals surface area contributed by atoms with Crippen molar-refractivity contribution < 1.29 is 13.2 Å². The van der Waals surface area contributed by atoms with Crippen LogP contribution in [0.25, 0.3) is 16.9 Å². The zero-order valence-corrected chi connectivity index (χ0v) is 18.0. The summed E-state index contributed by atoms with van der Waals surface area (Å²) in [7, 11) is 1.76. The molecular weight excluding hydrogens is 421 g/mol. The summed E-state index contributed by atoms with van der Waals surface area (Å²) in [5.41, 5.74) is -0.235. The molecule has 0 saturated carbocycles. The highest BCUT2D eigenvalue weighted by Gasteiger charge is 2.37. The van der Waals surface area contributed by atoms with E-state index in [-0.39, 0.29) is 11.4 Å². The van der Waals surface area contributed by atoms with Gasteiger partial charge in [0.25, 0.3) is 0 Å². The monoisotopic (exact) mass is 442 g/mol. The summed E-state index contributed by atoms with van der Waals surface area (Å²) in [6, 6.07) is 6.01. The summed E-state index contributed by atoms with van der Waals surface area (Å²) in [5.74, 6) is 4.01. The Morgan fingerprint density at radius 3 is 2.31 bits per heavy atom. The zero-order chi connectivity index (χ0) is 22.8. The van der Waals surface area contributed by atoms with E-state index in [2.05, 4.69) is 29.9 Å². The van der Waals surface area contributed by atoms with Gasteiger partial charge in [0.05, 0.1) is 17.0 Å². The largest absolute Gasteiger partial charge is 0.418 e. The summed E-state index contributed by atoms with van der Waals surface area (Å²) in [5, 5.41) is 4.38. The maximum absolute atomic E-state index is 13.4. The fraction of sp³-hybridized carbons (Fsp3) is 0.381. The molecule has 166 valence electrons. The third kappa shape index (κ3) is 3.28. The molecule has 11 heteroatoms. The van der Waals surface area contributed by atoms with Gasteiger partial charge in [-0.1, -0.05) is 6.07 Å². The van der Waals surface area contributed by atoms with E-state index in [4.69, 9.17) is 0 Å². The second-order valence-electron chi connectivity index (χ2n) is 8.05. The van der Waals surface area contributed by atoms with Gasteiger partial charge in [0.1, 0.15) is 34.6 Å². The molecule has 8 nitrogen and oxygen atoms in total. The molecular formula is C21H21F3N8. The van der Waals surface area contributed by atoms with Gasteiger partial charge in [0, 0.05) is 26.2 Å². The fourth-order valence-electron chi connectivity index (χ4n) is 4.20. The van der Waals surface area contributed by atoms with Crippen molar-refractivity contribution in [3.8, 4) is 5.82 Å². The molecule has 0 unspecified atom stereocenters. The molecule has 1 aliphatic rings. The van der Waals surface area contributed by atoms with Gasteiger partial charge in [-0.05, 0) is 32.9 Å². The quantitative estimate of drug-likeness (QED) is 0.483. The molecule has 1 aliphatic heterocycles. The van der Waals surface area contributed by atoms with Crippen LogP contribution in [0.15, 0.2) is 24.3 Å². The molecule has 0 bridgehead atoms. The first-order chi connectivity index (χ1) is 15.1. The molecule has 5 rings (SSSR count). The zero-order valence-electron chi connectivity index (χ0n) is 18.0. The van der Waals surface area contributed by atoms with Gasteiger partial charge >= 0.3 is 6.18 Å². The van der Waals surface area contributed by atoms with E-state index in [1.807, 2.05) is 26.8 Å². The molecule has 0 spiro atoms. The normalized spacial score (nSPS) is 14.9. The Hall–Kier alpha value is -3.50. The van der Waals surface area contributed by atoms with Crippen LogP contribution < -0.4 is 4.90 Å². The topological polar surface area (TPSA) is 77.5 Å². The number of benzene rings is 1. The third-order valence-electron chi connectivity index (χ3n) is 5.72. The van der Waals surface area contributed by atoms with Crippen LogP contribution in [0.2, 0.25) is 0 Å². The maximum Gasteiger partial charge on any atom is 0.418 e. The van der Waals surface area contributed by atoms with Crippen LogP contribution in [0.1, 0.15) is 34.8 Å². The van der Waals surface area contributed by atoms with E-state index in [0.29, 0.717) is 41.9 Å². The molecule has 0 atom stereocenters. The van der Waals surface area contributed by atoms with Crippen molar-refractivity contribution in [1.29, 1.82) is 0 Å². The first kappa shape index (κ1) is 20.4. The summed E-state index contributed by atoms with van der Waals surface area (Å²) < 4.78 is 43.6. The minimum absolute atomic E-state index is 0.00237. The molecule has 0 N–H and O–H groups in total. The molecule has 4 heterocycles. The first-order valence-corrected chi connectivity index (χ1v) is 10.2. The van der Waals surface area contributed by atoms with E-state index in [1.165, 1.54) is 6.07 Å². The Morgan fingerprint density at radius 1 is 0.938 bits per heavy atom. The Kier molecular flexibility index (Phi) is 4.47. The third-order valence-corrected chi connectivity index (χ3v) is 5.72. The SMILES string of the molecule is Cc1nc(N2CC(c3nc4c(C(F)(F)F)cccc4n3C)C2)cc(-n2nc(C)nc2C)n1. The van der Waals surface area contributed by atoms with Gasteiger partial charge in [-0.2, -0.15) is 17.9 Å². The average Bonchev–Trinajstić information content (AvgIpc) is 3.18. The number of fused-ring (bicyclic) bond motifs is 1. The van der Waals surface area contributed by atoms with Crippen LogP contribution in [0.5, 0.6) is 0 Å². The molecule has 1 aromatic carbocycles. The number of hydrogen-bond acceptors (Lipinski definition) is 6. The lowest BCUT2D eigenvalue weighted by Gasteiger charge is -2.39. The maximum atomic E-state index is 13.4. The molecule has 4 aromatic rings. The molecule has 32 heavy (non-hydrogen) atoms. The number of halogens is 3. The summed E-state index contributed by atoms with van der Waals surface area (Å²) in [4.78, 5) is 19.8. The lowest BCUT2D eigenvalue weighted by Crippen LogP contribution is -2.46. The number of alkyl halides is 3. The standard InChI is InChI=1S/C21H21F3N8/c1-11-26-17(8-18(27-11)32-13(3)25-12(2)29-32)31-9-14(10-31)20-28-19-15(21(22,23)24)6-5-7-16(19)30(20)4/h5-8,14H,9-10H2,1-4H3. The minimum atomic E-state index is -4.44. The number of rotatable bonds is 3. The van der Waals surface area contributed by atoms with E-state index in [0.717, 1.165) is 17.7 Å². The number of anilines is 1. The Morgan fingerprint density at radius 2 is 1.66 bits per heavy atom. The van der Waals surface area contributed by atoms with Crippen LogP contribution in [-0.4, -0.2) is 47.4 Å². The van der Waals surface area contributed by atoms with Crippen LogP contribution in [0.3, 0.4) is 0 Å². The molecule has 0 aliphatic carbocycles.